The van der Waals surface area contributed by atoms with Gasteiger partial charge in [-0.3, -0.25) is 0 Å². The molecule has 0 aromatic heterocycles. The largest absolute Gasteiger partial charge is 0.493 e. The molecule has 0 amide bonds. The lowest BCUT2D eigenvalue weighted by Crippen LogP contribution is -2.19. The second kappa shape index (κ2) is 5.31. The third-order valence-corrected chi connectivity index (χ3v) is 4.68. The minimum atomic E-state index is 0.811. The molecule has 2 fully saturated rings. The van der Waals surface area contributed by atoms with Crippen LogP contribution in [0.3, 0.4) is 0 Å². The van der Waals surface area contributed by atoms with E-state index in [1.807, 2.05) is 7.05 Å². The Kier molecular flexibility index (Phi) is 3.55. The number of fused-ring (bicyclic) bond motifs is 2. The summed E-state index contributed by atoms with van der Waals surface area (Å²) in [6.07, 6.45) is 5.78. The van der Waals surface area contributed by atoms with Gasteiger partial charge in [-0.1, -0.05) is 24.6 Å². The van der Waals surface area contributed by atoms with Crippen LogP contribution in [0.4, 0.5) is 0 Å². The molecule has 2 bridgehead atoms. The molecule has 0 aliphatic heterocycles. The maximum Gasteiger partial charge on any atom is 0.123 e. The SMILES string of the molecule is CNCc1ccccc1OCC1CC2CCC1C2. The molecule has 2 saturated carbocycles. The quantitative estimate of drug-likeness (QED) is 0.860. The number of rotatable bonds is 5. The summed E-state index contributed by atoms with van der Waals surface area (Å²) < 4.78 is 6.09. The maximum absolute atomic E-state index is 6.09. The Morgan fingerprint density at radius 2 is 2.11 bits per heavy atom. The predicted molar refractivity (Wildman–Crippen MR) is 73.6 cm³/mol. The zero-order valence-electron chi connectivity index (χ0n) is 11.2. The van der Waals surface area contributed by atoms with Gasteiger partial charge in [0.2, 0.25) is 0 Å². The minimum absolute atomic E-state index is 0.811. The summed E-state index contributed by atoms with van der Waals surface area (Å²) in [5, 5.41) is 3.20. The van der Waals surface area contributed by atoms with Crippen LogP contribution >= 0.6 is 0 Å². The van der Waals surface area contributed by atoms with Crippen molar-refractivity contribution in [2.24, 2.45) is 17.8 Å². The number of nitrogens with one attached hydrogen (secondary N) is 1. The standard InChI is InChI=1S/C16H23NO/c1-17-10-14-4-2-3-5-16(14)18-11-15-9-12-6-7-13(15)8-12/h2-5,12-13,15,17H,6-11H2,1H3. The highest BCUT2D eigenvalue weighted by molar-refractivity contribution is 5.33. The fourth-order valence-corrected chi connectivity index (χ4v) is 3.76. The lowest BCUT2D eigenvalue weighted by Gasteiger charge is -2.22. The van der Waals surface area contributed by atoms with E-state index >= 15 is 0 Å². The highest BCUT2D eigenvalue weighted by atomic mass is 16.5. The van der Waals surface area contributed by atoms with Gasteiger partial charge in [0.1, 0.15) is 5.75 Å². The van der Waals surface area contributed by atoms with E-state index in [9.17, 15) is 0 Å². The predicted octanol–water partition coefficient (Wildman–Crippen LogP) is 3.22. The molecule has 1 N–H and O–H groups in total. The first kappa shape index (κ1) is 12.0. The second-order valence-electron chi connectivity index (χ2n) is 5.88. The van der Waals surface area contributed by atoms with Crippen molar-refractivity contribution >= 4 is 0 Å². The van der Waals surface area contributed by atoms with Crippen LogP contribution in [0, 0.1) is 17.8 Å². The Balaban J connectivity index is 1.59. The van der Waals surface area contributed by atoms with Crippen LogP contribution in [0.5, 0.6) is 5.75 Å². The first-order chi connectivity index (χ1) is 8.86. The zero-order chi connectivity index (χ0) is 12.4. The third kappa shape index (κ3) is 2.39. The molecule has 2 nitrogen and oxygen atoms in total. The van der Waals surface area contributed by atoms with Crippen LogP contribution in [0.25, 0.3) is 0 Å². The highest BCUT2D eigenvalue weighted by Crippen LogP contribution is 2.48. The zero-order valence-corrected chi connectivity index (χ0v) is 11.2. The van der Waals surface area contributed by atoms with E-state index in [2.05, 4.69) is 29.6 Å². The molecule has 3 rings (SSSR count). The van der Waals surface area contributed by atoms with Crippen molar-refractivity contribution < 1.29 is 4.74 Å². The molecule has 0 saturated heterocycles. The average Bonchev–Trinajstić information content (AvgIpc) is 3.00. The molecule has 0 heterocycles. The molecular weight excluding hydrogens is 222 g/mol. The van der Waals surface area contributed by atoms with Crippen molar-refractivity contribution in [2.45, 2.75) is 32.2 Å². The van der Waals surface area contributed by atoms with Crippen LogP contribution in [0.15, 0.2) is 24.3 Å². The molecule has 18 heavy (non-hydrogen) atoms. The summed E-state index contributed by atoms with van der Waals surface area (Å²) in [5.74, 6) is 3.84. The van der Waals surface area contributed by atoms with Crippen molar-refractivity contribution in [3.63, 3.8) is 0 Å². The average molecular weight is 245 g/mol. The van der Waals surface area contributed by atoms with E-state index in [1.54, 1.807) is 0 Å². The van der Waals surface area contributed by atoms with Gasteiger partial charge in [-0.2, -0.15) is 0 Å². The molecule has 0 radical (unpaired) electrons. The molecule has 2 heteroatoms. The summed E-state index contributed by atoms with van der Waals surface area (Å²) in [6, 6.07) is 8.39. The summed E-state index contributed by atoms with van der Waals surface area (Å²) in [7, 11) is 1.98. The van der Waals surface area contributed by atoms with Gasteiger partial charge >= 0.3 is 0 Å². The second-order valence-corrected chi connectivity index (χ2v) is 5.88. The topological polar surface area (TPSA) is 21.3 Å². The van der Waals surface area contributed by atoms with Crippen LogP contribution < -0.4 is 10.1 Å². The first-order valence-corrected chi connectivity index (χ1v) is 7.22. The van der Waals surface area contributed by atoms with E-state index in [1.165, 1.54) is 31.2 Å². The Hall–Kier alpha value is -1.02. The Morgan fingerprint density at radius 1 is 1.22 bits per heavy atom. The highest BCUT2D eigenvalue weighted by Gasteiger charge is 2.39. The molecule has 2 aliphatic carbocycles. The van der Waals surface area contributed by atoms with E-state index < -0.39 is 0 Å². The minimum Gasteiger partial charge on any atom is -0.493 e. The fraction of sp³-hybridized carbons (Fsp3) is 0.625. The normalized spacial score (nSPS) is 29.7. The molecule has 1 aromatic carbocycles. The molecule has 98 valence electrons. The van der Waals surface area contributed by atoms with Crippen molar-refractivity contribution in [2.75, 3.05) is 13.7 Å². The number of hydrogen-bond donors (Lipinski definition) is 1. The van der Waals surface area contributed by atoms with Gasteiger partial charge < -0.3 is 10.1 Å². The van der Waals surface area contributed by atoms with Gasteiger partial charge in [0.25, 0.3) is 0 Å². The van der Waals surface area contributed by atoms with E-state index in [0.29, 0.717) is 0 Å². The Labute approximate surface area is 110 Å². The van der Waals surface area contributed by atoms with Gasteiger partial charge in [0.15, 0.2) is 0 Å². The van der Waals surface area contributed by atoms with E-state index in [4.69, 9.17) is 4.74 Å². The van der Waals surface area contributed by atoms with Crippen molar-refractivity contribution in [1.29, 1.82) is 0 Å². The molecule has 3 atom stereocenters. The molecule has 0 spiro atoms. The third-order valence-electron chi connectivity index (χ3n) is 4.68. The van der Waals surface area contributed by atoms with Crippen molar-refractivity contribution in [3.8, 4) is 5.75 Å². The van der Waals surface area contributed by atoms with Crippen LogP contribution in [-0.4, -0.2) is 13.7 Å². The maximum atomic E-state index is 6.09. The summed E-state index contributed by atoms with van der Waals surface area (Å²) in [4.78, 5) is 0. The van der Waals surface area contributed by atoms with Crippen molar-refractivity contribution in [3.05, 3.63) is 29.8 Å². The van der Waals surface area contributed by atoms with Crippen LogP contribution in [-0.2, 0) is 6.54 Å². The number of hydrogen-bond acceptors (Lipinski definition) is 2. The van der Waals surface area contributed by atoms with Gasteiger partial charge in [-0.05, 0) is 50.1 Å². The fourth-order valence-electron chi connectivity index (χ4n) is 3.76. The van der Waals surface area contributed by atoms with E-state index in [0.717, 1.165) is 36.7 Å². The summed E-state index contributed by atoms with van der Waals surface area (Å²) in [6.45, 7) is 1.80. The van der Waals surface area contributed by atoms with Gasteiger partial charge in [0, 0.05) is 12.1 Å². The molecule has 3 unspecified atom stereocenters. The van der Waals surface area contributed by atoms with Gasteiger partial charge in [-0.25, -0.2) is 0 Å². The Morgan fingerprint density at radius 3 is 2.83 bits per heavy atom. The lowest BCUT2D eigenvalue weighted by atomic mass is 9.89. The molecular formula is C16H23NO. The van der Waals surface area contributed by atoms with Crippen LogP contribution in [0.2, 0.25) is 0 Å². The number of benzene rings is 1. The van der Waals surface area contributed by atoms with Crippen molar-refractivity contribution in [1.82, 2.24) is 5.32 Å². The van der Waals surface area contributed by atoms with Gasteiger partial charge in [-0.15, -0.1) is 0 Å². The monoisotopic (exact) mass is 245 g/mol. The number of para-hydroxylation sites is 1. The summed E-state index contributed by atoms with van der Waals surface area (Å²) >= 11 is 0. The van der Waals surface area contributed by atoms with Crippen LogP contribution in [0.1, 0.15) is 31.2 Å². The van der Waals surface area contributed by atoms with Gasteiger partial charge in [0.05, 0.1) is 6.61 Å². The smallest absolute Gasteiger partial charge is 0.123 e. The summed E-state index contributed by atoms with van der Waals surface area (Å²) in [5.41, 5.74) is 1.27. The number of ether oxygens (including phenoxy) is 1. The van der Waals surface area contributed by atoms with E-state index in [-0.39, 0.29) is 0 Å². The molecule has 2 aliphatic rings. The lowest BCUT2D eigenvalue weighted by molar-refractivity contribution is 0.194. The first-order valence-electron chi connectivity index (χ1n) is 7.22. The Bertz CT molecular complexity index is 404. The molecule has 1 aromatic rings.